The molecule has 10 heteroatoms. The van der Waals surface area contributed by atoms with Crippen molar-refractivity contribution >= 4 is 35.4 Å². The van der Waals surface area contributed by atoms with Crippen molar-refractivity contribution in [2.75, 3.05) is 51.6 Å². The van der Waals surface area contributed by atoms with E-state index in [1.54, 1.807) is 0 Å². The standard InChI is InChI=1S/C49H55ClN4O4S/c1-2-59-46-21-19-44(57-35-37-12-6-3-7-13-37)33-42(46)34-53-28-30-54(31-29-53)48(55)47(51-49(56)58-36-38-14-8-4-9-15-38)40-22-25-52(26-23-40)27-24-41-32-43(50)18-20-45(41)39-16-10-5-11-17-39/h3-21,32-33,40,47H,2,22-31,34-36H2,1H3,(H,51,56)/t47-/m1/s1. The van der Waals surface area contributed by atoms with E-state index in [0.29, 0.717) is 19.7 Å². The number of likely N-dealkylation sites (tertiary alicyclic amines) is 1. The number of halogens is 1. The minimum atomic E-state index is -0.657. The van der Waals surface area contributed by atoms with Crippen molar-refractivity contribution in [1.29, 1.82) is 0 Å². The Labute approximate surface area is 358 Å². The first-order chi connectivity index (χ1) is 28.9. The van der Waals surface area contributed by atoms with E-state index in [-0.39, 0.29) is 18.4 Å². The predicted molar refractivity (Wildman–Crippen MR) is 239 cm³/mol. The van der Waals surface area contributed by atoms with Gasteiger partial charge in [-0.25, -0.2) is 4.79 Å². The lowest BCUT2D eigenvalue weighted by molar-refractivity contribution is -0.137. The van der Waals surface area contributed by atoms with Crippen LogP contribution in [-0.4, -0.2) is 84.3 Å². The fourth-order valence-electron chi connectivity index (χ4n) is 8.10. The van der Waals surface area contributed by atoms with Gasteiger partial charge >= 0.3 is 6.09 Å². The van der Waals surface area contributed by atoms with Crippen LogP contribution in [0.3, 0.4) is 0 Å². The van der Waals surface area contributed by atoms with Gasteiger partial charge in [-0.05, 0) is 108 Å². The molecular formula is C49H55ClN4O4S. The number of hydrogen-bond donors (Lipinski definition) is 1. The third kappa shape index (κ3) is 12.1. The van der Waals surface area contributed by atoms with E-state index in [1.165, 1.54) is 27.1 Å². The van der Waals surface area contributed by atoms with Crippen LogP contribution >= 0.6 is 23.4 Å². The molecule has 0 aromatic heterocycles. The zero-order valence-electron chi connectivity index (χ0n) is 33.9. The number of rotatable bonds is 16. The van der Waals surface area contributed by atoms with Gasteiger partial charge in [0.05, 0.1) is 0 Å². The zero-order valence-corrected chi connectivity index (χ0v) is 35.5. The second-order valence-electron chi connectivity index (χ2n) is 15.4. The van der Waals surface area contributed by atoms with Gasteiger partial charge in [-0.2, -0.15) is 0 Å². The van der Waals surface area contributed by atoms with Crippen LogP contribution in [0.5, 0.6) is 5.75 Å². The highest BCUT2D eigenvalue weighted by Crippen LogP contribution is 2.31. The first kappa shape index (κ1) is 42.3. The summed E-state index contributed by atoms with van der Waals surface area (Å²) in [6, 6.07) is 42.2. The maximum Gasteiger partial charge on any atom is 0.408 e. The molecule has 8 nitrogen and oxygen atoms in total. The van der Waals surface area contributed by atoms with Crippen LogP contribution in [-0.2, 0) is 35.7 Å². The number of piperazine rings is 1. The molecule has 0 aliphatic carbocycles. The number of carbonyl (C=O) groups is 2. The fourth-order valence-corrected chi connectivity index (χ4v) is 9.08. The quantitative estimate of drug-likeness (QED) is 0.0994. The normalized spacial score (nSPS) is 15.7. The number of carbonyl (C=O) groups excluding carboxylic acids is 2. The number of alkyl carbamates (subject to hydrolysis) is 1. The van der Waals surface area contributed by atoms with E-state index >= 15 is 0 Å². The second kappa shape index (κ2) is 21.5. The average molecular weight is 832 g/mol. The molecule has 308 valence electrons. The lowest BCUT2D eigenvalue weighted by atomic mass is 9.88. The summed E-state index contributed by atoms with van der Waals surface area (Å²) >= 11 is 8.31. The lowest BCUT2D eigenvalue weighted by Crippen LogP contribution is -2.58. The van der Waals surface area contributed by atoms with Gasteiger partial charge < -0.3 is 24.6 Å². The summed E-state index contributed by atoms with van der Waals surface area (Å²) in [5.41, 5.74) is 6.89. The molecule has 0 saturated carbocycles. The van der Waals surface area contributed by atoms with Crippen LogP contribution < -0.4 is 10.1 Å². The third-order valence-corrected chi connectivity index (χ3v) is 12.6. The fraction of sp³-hybridized carbons (Fsp3) is 0.347. The lowest BCUT2D eigenvalue weighted by Gasteiger charge is -2.40. The number of benzene rings is 5. The summed E-state index contributed by atoms with van der Waals surface area (Å²) in [4.78, 5) is 35.8. The first-order valence-corrected chi connectivity index (χ1v) is 22.2. The molecule has 5 aromatic rings. The van der Waals surface area contributed by atoms with Crippen LogP contribution in [0.25, 0.3) is 11.1 Å². The summed E-state index contributed by atoms with van der Waals surface area (Å²) in [5.74, 6) is 1.82. The highest BCUT2D eigenvalue weighted by molar-refractivity contribution is 7.99. The molecule has 0 spiro atoms. The molecular weight excluding hydrogens is 776 g/mol. The van der Waals surface area contributed by atoms with Gasteiger partial charge in [0.25, 0.3) is 0 Å². The number of nitrogens with one attached hydrogen (secondary N) is 1. The molecule has 7 rings (SSSR count). The molecule has 0 unspecified atom stereocenters. The number of ether oxygens (including phenoxy) is 2. The zero-order chi connectivity index (χ0) is 40.8. The van der Waals surface area contributed by atoms with Gasteiger partial charge in [0.2, 0.25) is 5.91 Å². The molecule has 0 radical (unpaired) electrons. The molecule has 2 aliphatic rings. The molecule has 2 saturated heterocycles. The van der Waals surface area contributed by atoms with Gasteiger partial charge in [0.1, 0.15) is 25.0 Å². The Balaban J connectivity index is 0.969. The van der Waals surface area contributed by atoms with Crippen molar-refractivity contribution in [2.45, 2.75) is 56.9 Å². The van der Waals surface area contributed by atoms with Crippen LogP contribution in [0.2, 0.25) is 5.02 Å². The number of thioether (sulfide) groups is 1. The average Bonchev–Trinajstić information content (AvgIpc) is 3.28. The smallest absolute Gasteiger partial charge is 0.408 e. The molecule has 1 N–H and O–H groups in total. The van der Waals surface area contributed by atoms with Crippen LogP contribution in [0, 0.1) is 5.92 Å². The van der Waals surface area contributed by atoms with Gasteiger partial charge in [-0.3, -0.25) is 9.69 Å². The SMILES string of the molecule is CCSc1ccc(OCc2ccccc2)cc1CN1CCN(C(=O)[C@H](NC(=O)OCc2ccccc2)C2CCN(CCc3cc(Cl)ccc3-c3ccccc3)CC2)CC1. The Morgan fingerprint density at radius 3 is 2.08 bits per heavy atom. The maximum atomic E-state index is 14.4. The van der Waals surface area contributed by atoms with Crippen molar-refractivity contribution in [1.82, 2.24) is 20.0 Å². The van der Waals surface area contributed by atoms with Crippen molar-refractivity contribution in [2.24, 2.45) is 5.92 Å². The monoisotopic (exact) mass is 830 g/mol. The summed E-state index contributed by atoms with van der Waals surface area (Å²) < 4.78 is 11.9. The summed E-state index contributed by atoms with van der Waals surface area (Å²) in [7, 11) is 0. The Bertz CT molecular complexity index is 2090. The molecule has 59 heavy (non-hydrogen) atoms. The summed E-state index contributed by atoms with van der Waals surface area (Å²) in [6.45, 7) is 8.88. The van der Waals surface area contributed by atoms with E-state index in [0.717, 1.165) is 86.2 Å². The number of piperidine rings is 1. The van der Waals surface area contributed by atoms with Gasteiger partial charge in [0.15, 0.2) is 0 Å². The number of hydrogen-bond acceptors (Lipinski definition) is 7. The van der Waals surface area contributed by atoms with E-state index in [1.807, 2.05) is 77.3 Å². The molecule has 0 bridgehead atoms. The van der Waals surface area contributed by atoms with Crippen molar-refractivity contribution in [3.05, 3.63) is 155 Å². The predicted octanol–water partition coefficient (Wildman–Crippen LogP) is 9.59. The Morgan fingerprint density at radius 1 is 0.746 bits per heavy atom. The summed E-state index contributed by atoms with van der Waals surface area (Å²) in [5, 5.41) is 3.79. The van der Waals surface area contributed by atoms with Crippen LogP contribution in [0.4, 0.5) is 4.79 Å². The van der Waals surface area contributed by atoms with E-state index < -0.39 is 12.1 Å². The molecule has 2 amide bonds. The topological polar surface area (TPSA) is 74.3 Å². The molecule has 2 heterocycles. The highest BCUT2D eigenvalue weighted by Gasteiger charge is 2.36. The first-order valence-electron chi connectivity index (χ1n) is 20.9. The van der Waals surface area contributed by atoms with Crippen LogP contribution in [0.15, 0.2) is 132 Å². The van der Waals surface area contributed by atoms with E-state index in [9.17, 15) is 9.59 Å². The number of nitrogens with zero attached hydrogens (tertiary/aromatic N) is 3. The molecule has 5 aromatic carbocycles. The van der Waals surface area contributed by atoms with Gasteiger partial charge in [0, 0.05) is 49.2 Å². The van der Waals surface area contributed by atoms with Crippen molar-refractivity contribution < 1.29 is 19.1 Å². The van der Waals surface area contributed by atoms with Crippen molar-refractivity contribution in [3.63, 3.8) is 0 Å². The molecule has 2 aliphatic heterocycles. The van der Waals surface area contributed by atoms with Crippen LogP contribution in [0.1, 0.15) is 42.0 Å². The van der Waals surface area contributed by atoms with Gasteiger partial charge in [-0.1, -0.05) is 116 Å². The Morgan fingerprint density at radius 2 is 1.41 bits per heavy atom. The molecule has 2 fully saturated rings. The highest BCUT2D eigenvalue weighted by atomic mass is 35.5. The molecule has 1 atom stereocenters. The largest absolute Gasteiger partial charge is 0.489 e. The minimum Gasteiger partial charge on any atom is -0.489 e. The third-order valence-electron chi connectivity index (χ3n) is 11.4. The van der Waals surface area contributed by atoms with E-state index in [4.69, 9.17) is 21.1 Å². The Kier molecular flexibility index (Phi) is 15.4. The number of amides is 2. The van der Waals surface area contributed by atoms with Gasteiger partial charge in [-0.15, -0.1) is 11.8 Å². The van der Waals surface area contributed by atoms with E-state index in [2.05, 4.69) is 88.8 Å². The van der Waals surface area contributed by atoms with Crippen molar-refractivity contribution in [3.8, 4) is 16.9 Å². The summed E-state index contributed by atoms with van der Waals surface area (Å²) in [6.07, 6.45) is 1.92. The second-order valence-corrected chi connectivity index (χ2v) is 17.1. The Hall–Kier alpha value is -4.80. The minimum absolute atomic E-state index is 0.000595. The maximum absolute atomic E-state index is 14.4.